The standard InChI is InChI=1S/C10H13FO2S/c1-9(7-8-14(11,12)13)10-5-3-2-4-6-10/h2-6,9H,7-8H2,1H3. The second-order valence-electron chi connectivity index (χ2n) is 3.34. The second kappa shape index (κ2) is 4.55. The largest absolute Gasteiger partial charge is 0.302 e. The molecule has 0 aromatic heterocycles. The van der Waals surface area contributed by atoms with Crippen LogP contribution >= 0.6 is 0 Å². The second-order valence-corrected chi connectivity index (χ2v) is 4.83. The highest BCUT2D eigenvalue weighted by Crippen LogP contribution is 2.19. The number of rotatable bonds is 4. The third-order valence-electron chi connectivity index (χ3n) is 2.16. The topological polar surface area (TPSA) is 34.1 Å². The Balaban J connectivity index is 2.56. The van der Waals surface area contributed by atoms with Gasteiger partial charge in [-0.25, -0.2) is 0 Å². The lowest BCUT2D eigenvalue weighted by Gasteiger charge is -2.09. The minimum atomic E-state index is -4.33. The highest BCUT2D eigenvalue weighted by molar-refractivity contribution is 7.86. The highest BCUT2D eigenvalue weighted by Gasteiger charge is 2.11. The minimum Gasteiger partial charge on any atom is -0.195 e. The lowest BCUT2D eigenvalue weighted by Crippen LogP contribution is -2.03. The third-order valence-corrected chi connectivity index (χ3v) is 2.89. The predicted octanol–water partition coefficient (Wildman–Crippen LogP) is 2.48. The highest BCUT2D eigenvalue weighted by atomic mass is 32.3. The average molecular weight is 216 g/mol. The molecule has 0 N–H and O–H groups in total. The molecule has 0 saturated heterocycles. The Kier molecular flexibility index (Phi) is 3.63. The van der Waals surface area contributed by atoms with Gasteiger partial charge in [0, 0.05) is 0 Å². The first-order valence-corrected chi connectivity index (χ1v) is 6.01. The molecule has 2 nitrogen and oxygen atoms in total. The molecule has 0 saturated carbocycles. The van der Waals surface area contributed by atoms with Crippen LogP contribution in [0.5, 0.6) is 0 Å². The Labute approximate surface area is 84.0 Å². The van der Waals surface area contributed by atoms with Crippen LogP contribution in [0.25, 0.3) is 0 Å². The van der Waals surface area contributed by atoms with Crippen LogP contribution in [0.1, 0.15) is 24.8 Å². The maximum Gasteiger partial charge on any atom is 0.302 e. The normalized spacial score (nSPS) is 13.9. The molecule has 0 spiro atoms. The molecule has 1 aromatic rings. The number of hydrogen-bond donors (Lipinski definition) is 0. The zero-order valence-electron chi connectivity index (χ0n) is 7.98. The van der Waals surface area contributed by atoms with Crippen LogP contribution in [0, 0.1) is 0 Å². The van der Waals surface area contributed by atoms with E-state index in [1.807, 2.05) is 37.3 Å². The van der Waals surface area contributed by atoms with Gasteiger partial charge in [-0.1, -0.05) is 37.3 Å². The van der Waals surface area contributed by atoms with E-state index >= 15 is 0 Å². The fraction of sp³-hybridized carbons (Fsp3) is 0.400. The Morgan fingerprint density at radius 3 is 2.36 bits per heavy atom. The van der Waals surface area contributed by atoms with Crippen molar-refractivity contribution in [2.45, 2.75) is 19.3 Å². The van der Waals surface area contributed by atoms with E-state index in [0.29, 0.717) is 6.42 Å². The van der Waals surface area contributed by atoms with Crippen LogP contribution in [-0.4, -0.2) is 14.2 Å². The molecule has 0 amide bonds. The van der Waals surface area contributed by atoms with Gasteiger partial charge in [0.25, 0.3) is 0 Å². The van der Waals surface area contributed by atoms with Gasteiger partial charge in [0.2, 0.25) is 0 Å². The molecule has 1 unspecified atom stereocenters. The zero-order valence-corrected chi connectivity index (χ0v) is 8.80. The van der Waals surface area contributed by atoms with Gasteiger partial charge < -0.3 is 0 Å². The van der Waals surface area contributed by atoms with Crippen molar-refractivity contribution in [3.05, 3.63) is 35.9 Å². The van der Waals surface area contributed by atoms with Crippen molar-refractivity contribution in [3.8, 4) is 0 Å². The van der Waals surface area contributed by atoms with E-state index in [1.54, 1.807) is 0 Å². The van der Waals surface area contributed by atoms with Crippen molar-refractivity contribution in [1.82, 2.24) is 0 Å². The molecule has 1 aromatic carbocycles. The molecule has 0 radical (unpaired) electrons. The number of benzene rings is 1. The van der Waals surface area contributed by atoms with Gasteiger partial charge in [-0.3, -0.25) is 0 Å². The maximum atomic E-state index is 12.2. The lowest BCUT2D eigenvalue weighted by molar-refractivity contribution is 0.545. The van der Waals surface area contributed by atoms with Crippen molar-refractivity contribution in [2.75, 3.05) is 5.75 Å². The van der Waals surface area contributed by atoms with E-state index in [4.69, 9.17) is 0 Å². The van der Waals surface area contributed by atoms with Crippen LogP contribution in [0.3, 0.4) is 0 Å². The van der Waals surface area contributed by atoms with Gasteiger partial charge in [-0.2, -0.15) is 8.42 Å². The summed E-state index contributed by atoms with van der Waals surface area (Å²) in [5.41, 5.74) is 1.04. The van der Waals surface area contributed by atoms with Crippen LogP contribution < -0.4 is 0 Å². The summed E-state index contributed by atoms with van der Waals surface area (Å²) in [7, 11) is -4.33. The average Bonchev–Trinajstić information content (AvgIpc) is 2.14. The fourth-order valence-electron chi connectivity index (χ4n) is 1.27. The van der Waals surface area contributed by atoms with Gasteiger partial charge >= 0.3 is 10.2 Å². The van der Waals surface area contributed by atoms with E-state index in [9.17, 15) is 12.3 Å². The number of halogens is 1. The SMILES string of the molecule is CC(CCS(=O)(=O)F)c1ccccc1. The molecule has 0 fully saturated rings. The Morgan fingerprint density at radius 1 is 1.29 bits per heavy atom. The van der Waals surface area contributed by atoms with E-state index in [1.165, 1.54) is 0 Å². The van der Waals surface area contributed by atoms with Gasteiger partial charge in [0.15, 0.2) is 0 Å². The van der Waals surface area contributed by atoms with Gasteiger partial charge in [-0.15, -0.1) is 3.89 Å². The molecule has 1 rings (SSSR count). The van der Waals surface area contributed by atoms with E-state index in [2.05, 4.69) is 0 Å². The van der Waals surface area contributed by atoms with Crippen LogP contribution in [-0.2, 0) is 10.2 Å². The molecule has 0 aliphatic heterocycles. The molecule has 0 heterocycles. The molecule has 0 aliphatic carbocycles. The molecule has 14 heavy (non-hydrogen) atoms. The van der Waals surface area contributed by atoms with Crippen LogP contribution in [0.2, 0.25) is 0 Å². The zero-order chi connectivity index (χ0) is 10.6. The molecule has 4 heteroatoms. The fourth-order valence-corrected chi connectivity index (χ4v) is 1.90. The first kappa shape index (κ1) is 11.2. The summed E-state index contributed by atoms with van der Waals surface area (Å²) >= 11 is 0. The third kappa shape index (κ3) is 3.87. The van der Waals surface area contributed by atoms with E-state index < -0.39 is 16.0 Å². The van der Waals surface area contributed by atoms with Crippen molar-refractivity contribution >= 4 is 10.2 Å². The Morgan fingerprint density at radius 2 is 1.86 bits per heavy atom. The molecular formula is C10H13FO2S. The van der Waals surface area contributed by atoms with E-state index in [0.717, 1.165) is 5.56 Å². The number of hydrogen-bond acceptors (Lipinski definition) is 2. The smallest absolute Gasteiger partial charge is 0.195 e. The van der Waals surface area contributed by atoms with Crippen molar-refractivity contribution in [1.29, 1.82) is 0 Å². The first-order chi connectivity index (χ1) is 6.49. The van der Waals surface area contributed by atoms with E-state index in [-0.39, 0.29) is 5.92 Å². The van der Waals surface area contributed by atoms with Crippen molar-refractivity contribution < 1.29 is 12.3 Å². The monoisotopic (exact) mass is 216 g/mol. The van der Waals surface area contributed by atoms with Crippen molar-refractivity contribution in [3.63, 3.8) is 0 Å². The summed E-state index contributed by atoms with van der Waals surface area (Å²) in [5, 5.41) is 0. The van der Waals surface area contributed by atoms with Crippen LogP contribution in [0.15, 0.2) is 30.3 Å². The lowest BCUT2D eigenvalue weighted by atomic mass is 9.99. The maximum absolute atomic E-state index is 12.2. The summed E-state index contributed by atoms with van der Waals surface area (Å²) in [6.45, 7) is 1.89. The first-order valence-electron chi connectivity index (χ1n) is 4.46. The van der Waals surface area contributed by atoms with Gasteiger partial charge in [0.1, 0.15) is 0 Å². The molecule has 78 valence electrons. The minimum absolute atomic E-state index is 0.0710. The molecular weight excluding hydrogens is 203 g/mol. The molecule has 1 atom stereocenters. The predicted molar refractivity (Wildman–Crippen MR) is 54.4 cm³/mol. The van der Waals surface area contributed by atoms with Gasteiger partial charge in [0.05, 0.1) is 5.75 Å². The summed E-state index contributed by atoms with van der Waals surface area (Å²) in [4.78, 5) is 0. The van der Waals surface area contributed by atoms with Gasteiger partial charge in [-0.05, 0) is 17.9 Å². The van der Waals surface area contributed by atoms with Crippen LogP contribution in [0.4, 0.5) is 3.89 Å². The van der Waals surface area contributed by atoms with Crippen molar-refractivity contribution in [2.24, 2.45) is 0 Å². The Hall–Kier alpha value is -0.900. The summed E-state index contributed by atoms with van der Waals surface area (Å²) in [5.74, 6) is -0.329. The quantitative estimate of drug-likeness (QED) is 0.724. The molecule has 0 aliphatic rings. The Bertz CT molecular complexity index is 372. The molecule has 0 bridgehead atoms. The summed E-state index contributed by atoms with van der Waals surface area (Å²) < 4.78 is 32.8. The summed E-state index contributed by atoms with van der Waals surface area (Å²) in [6.07, 6.45) is 0.322. The summed E-state index contributed by atoms with van der Waals surface area (Å²) in [6, 6.07) is 9.48.